The average Bonchev–Trinajstić information content (AvgIpc) is 2.48. The largest absolute Gasteiger partial charge is 0.399 e. The highest BCUT2D eigenvalue weighted by Gasteiger charge is 2.22. The molecule has 0 aliphatic rings. The van der Waals surface area contributed by atoms with Crippen molar-refractivity contribution in [3.63, 3.8) is 0 Å². The van der Waals surface area contributed by atoms with Gasteiger partial charge in [0.15, 0.2) is 0 Å². The normalized spacial score (nSPS) is 11.2. The molecule has 2 aromatic rings. The fourth-order valence-corrected chi connectivity index (χ4v) is 2.63. The van der Waals surface area contributed by atoms with Crippen LogP contribution >= 0.6 is 0 Å². The first-order valence-electron chi connectivity index (χ1n) is 7.56. The summed E-state index contributed by atoms with van der Waals surface area (Å²) in [7, 11) is 0. The third-order valence-corrected chi connectivity index (χ3v) is 3.95. The van der Waals surface area contributed by atoms with Crippen LogP contribution in [0.4, 0.5) is 5.69 Å². The summed E-state index contributed by atoms with van der Waals surface area (Å²) in [6.07, 6.45) is 0.379. The predicted octanol–water partition coefficient (Wildman–Crippen LogP) is 3.21. The van der Waals surface area contributed by atoms with Gasteiger partial charge in [0.05, 0.1) is 6.42 Å². The maximum atomic E-state index is 12.1. The maximum absolute atomic E-state index is 12.1. The molecule has 116 valence electrons. The van der Waals surface area contributed by atoms with Gasteiger partial charge in [-0.05, 0) is 35.7 Å². The van der Waals surface area contributed by atoms with E-state index in [2.05, 4.69) is 38.2 Å². The van der Waals surface area contributed by atoms with Crippen molar-refractivity contribution in [2.45, 2.75) is 32.6 Å². The van der Waals surface area contributed by atoms with E-state index in [-0.39, 0.29) is 11.3 Å². The Morgan fingerprint density at radius 1 is 1.09 bits per heavy atom. The van der Waals surface area contributed by atoms with E-state index in [1.165, 1.54) is 11.1 Å². The molecule has 1 amide bonds. The quantitative estimate of drug-likeness (QED) is 0.832. The van der Waals surface area contributed by atoms with E-state index in [4.69, 9.17) is 5.73 Å². The molecule has 3 nitrogen and oxygen atoms in total. The van der Waals surface area contributed by atoms with Crippen LogP contribution < -0.4 is 11.1 Å². The Labute approximate surface area is 132 Å². The van der Waals surface area contributed by atoms with E-state index < -0.39 is 0 Å². The molecule has 0 aliphatic carbocycles. The topological polar surface area (TPSA) is 55.1 Å². The first-order valence-corrected chi connectivity index (χ1v) is 7.56. The van der Waals surface area contributed by atoms with Crippen LogP contribution in [0.5, 0.6) is 0 Å². The van der Waals surface area contributed by atoms with Gasteiger partial charge < -0.3 is 11.1 Å². The van der Waals surface area contributed by atoms with Gasteiger partial charge in [-0.2, -0.15) is 0 Å². The first kappa shape index (κ1) is 16.1. The molecule has 0 atom stereocenters. The number of amides is 1. The molecule has 2 rings (SSSR count). The summed E-state index contributed by atoms with van der Waals surface area (Å²) < 4.78 is 0. The van der Waals surface area contributed by atoms with Gasteiger partial charge in [0, 0.05) is 17.6 Å². The van der Waals surface area contributed by atoms with Crippen LogP contribution in [0.25, 0.3) is 0 Å². The fourth-order valence-electron chi connectivity index (χ4n) is 2.63. The van der Waals surface area contributed by atoms with Crippen LogP contribution in [0.15, 0.2) is 48.5 Å². The van der Waals surface area contributed by atoms with Crippen molar-refractivity contribution in [3.8, 4) is 0 Å². The number of nitrogen functional groups attached to an aromatic ring is 1. The molecule has 0 unspecified atom stereocenters. The minimum absolute atomic E-state index is 0.0337. The van der Waals surface area contributed by atoms with E-state index in [1.54, 1.807) is 0 Å². The van der Waals surface area contributed by atoms with Gasteiger partial charge in [0.1, 0.15) is 0 Å². The van der Waals surface area contributed by atoms with Crippen molar-refractivity contribution in [2.24, 2.45) is 0 Å². The second kappa shape index (κ2) is 6.65. The lowest BCUT2D eigenvalue weighted by Gasteiger charge is -2.27. The lowest BCUT2D eigenvalue weighted by Crippen LogP contribution is -2.37. The van der Waals surface area contributed by atoms with Gasteiger partial charge in [-0.15, -0.1) is 0 Å². The highest BCUT2D eigenvalue weighted by atomic mass is 16.1. The third kappa shape index (κ3) is 4.10. The number of hydrogen-bond donors (Lipinski definition) is 2. The van der Waals surface area contributed by atoms with Gasteiger partial charge in [-0.3, -0.25) is 4.79 Å². The Morgan fingerprint density at radius 3 is 2.36 bits per heavy atom. The molecule has 3 N–H and O–H groups in total. The number of hydrogen-bond acceptors (Lipinski definition) is 2. The van der Waals surface area contributed by atoms with Crippen LogP contribution in [-0.2, 0) is 16.6 Å². The zero-order chi connectivity index (χ0) is 16.2. The monoisotopic (exact) mass is 296 g/mol. The molecule has 0 bridgehead atoms. The van der Waals surface area contributed by atoms with Crippen LogP contribution in [0.2, 0.25) is 0 Å². The van der Waals surface area contributed by atoms with Crippen molar-refractivity contribution in [2.75, 3.05) is 12.3 Å². The molecule has 0 saturated carbocycles. The summed E-state index contributed by atoms with van der Waals surface area (Å²) in [6, 6.07) is 15.7. The van der Waals surface area contributed by atoms with E-state index in [9.17, 15) is 4.79 Å². The number of aryl methyl sites for hydroxylation is 1. The Bertz CT molecular complexity index is 645. The number of anilines is 1. The predicted molar refractivity (Wildman–Crippen MR) is 91.8 cm³/mol. The Balaban J connectivity index is 1.95. The molecule has 0 spiro atoms. The molecular weight excluding hydrogens is 272 g/mol. The Hall–Kier alpha value is -2.29. The van der Waals surface area contributed by atoms with Crippen LogP contribution in [0, 0.1) is 6.92 Å². The van der Waals surface area contributed by atoms with Gasteiger partial charge in [-0.1, -0.05) is 50.2 Å². The van der Waals surface area contributed by atoms with Crippen LogP contribution in [0.1, 0.15) is 30.5 Å². The van der Waals surface area contributed by atoms with Crippen molar-refractivity contribution >= 4 is 11.6 Å². The van der Waals surface area contributed by atoms with Gasteiger partial charge in [0.2, 0.25) is 5.91 Å². The molecule has 0 fully saturated rings. The zero-order valence-electron chi connectivity index (χ0n) is 13.5. The van der Waals surface area contributed by atoms with Gasteiger partial charge >= 0.3 is 0 Å². The minimum Gasteiger partial charge on any atom is -0.399 e. The summed E-state index contributed by atoms with van der Waals surface area (Å²) in [4.78, 5) is 12.1. The van der Waals surface area contributed by atoms with E-state index >= 15 is 0 Å². The Kier molecular flexibility index (Phi) is 4.86. The number of nitrogens with two attached hydrogens (primary N) is 1. The van der Waals surface area contributed by atoms with Crippen molar-refractivity contribution in [3.05, 3.63) is 65.2 Å². The van der Waals surface area contributed by atoms with Gasteiger partial charge in [-0.25, -0.2) is 0 Å². The summed E-state index contributed by atoms with van der Waals surface area (Å²) in [5, 5.41) is 3.04. The second-order valence-corrected chi connectivity index (χ2v) is 6.39. The molecule has 0 aliphatic heterocycles. The lowest BCUT2D eigenvalue weighted by molar-refractivity contribution is -0.120. The first-order chi connectivity index (χ1) is 10.4. The third-order valence-electron chi connectivity index (χ3n) is 3.95. The van der Waals surface area contributed by atoms with Crippen molar-refractivity contribution in [1.82, 2.24) is 5.32 Å². The van der Waals surface area contributed by atoms with Crippen LogP contribution in [0.3, 0.4) is 0 Å². The SMILES string of the molecule is Cc1ccccc1C(C)(C)CNC(=O)Cc1ccc(N)cc1. The summed E-state index contributed by atoms with van der Waals surface area (Å²) >= 11 is 0. The molecule has 0 radical (unpaired) electrons. The van der Waals surface area contributed by atoms with E-state index in [1.807, 2.05) is 36.4 Å². The number of carbonyl (C=O) groups excluding carboxylic acids is 1. The number of rotatable bonds is 5. The zero-order valence-corrected chi connectivity index (χ0v) is 13.5. The fraction of sp³-hybridized carbons (Fsp3) is 0.316. The molecule has 22 heavy (non-hydrogen) atoms. The highest BCUT2D eigenvalue weighted by molar-refractivity contribution is 5.78. The molecular formula is C19H24N2O. The average molecular weight is 296 g/mol. The lowest BCUT2D eigenvalue weighted by atomic mass is 9.82. The second-order valence-electron chi connectivity index (χ2n) is 6.39. The van der Waals surface area contributed by atoms with Gasteiger partial charge in [0.25, 0.3) is 0 Å². The van der Waals surface area contributed by atoms with Crippen molar-refractivity contribution < 1.29 is 4.79 Å². The summed E-state index contributed by atoms with van der Waals surface area (Å²) in [5.41, 5.74) is 9.76. The molecule has 3 heteroatoms. The summed E-state index contributed by atoms with van der Waals surface area (Å²) in [5.74, 6) is 0.0337. The van der Waals surface area contributed by atoms with E-state index in [0.29, 0.717) is 18.7 Å². The molecule has 0 saturated heterocycles. The number of carbonyl (C=O) groups is 1. The standard InChI is InChI=1S/C19H24N2O/c1-14-6-4-5-7-17(14)19(2,3)13-21-18(22)12-15-8-10-16(20)11-9-15/h4-11H,12-13,20H2,1-3H3,(H,21,22). The van der Waals surface area contributed by atoms with Crippen molar-refractivity contribution in [1.29, 1.82) is 0 Å². The van der Waals surface area contributed by atoms with E-state index in [0.717, 1.165) is 5.56 Å². The summed E-state index contributed by atoms with van der Waals surface area (Å²) in [6.45, 7) is 7.02. The maximum Gasteiger partial charge on any atom is 0.224 e. The minimum atomic E-state index is -0.0951. The number of benzene rings is 2. The number of nitrogens with one attached hydrogen (secondary N) is 1. The molecule has 0 heterocycles. The van der Waals surface area contributed by atoms with Crippen LogP contribution in [-0.4, -0.2) is 12.5 Å². The highest BCUT2D eigenvalue weighted by Crippen LogP contribution is 2.25. The molecule has 0 aromatic heterocycles. The Morgan fingerprint density at radius 2 is 1.73 bits per heavy atom. The smallest absolute Gasteiger partial charge is 0.224 e. The molecule has 2 aromatic carbocycles.